The Morgan fingerprint density at radius 2 is 2.00 bits per heavy atom. The van der Waals surface area contributed by atoms with Crippen LogP contribution in [-0.2, 0) is 6.54 Å². The standard InChI is InChI=1S/C16H23F3N2/c1-13(20-12-16(17,18)19)9-15-7-8-21(11-15)10-14-5-3-2-4-6-14/h2-6,13,15,20H,7-12H2,1H3. The minimum Gasteiger partial charge on any atom is -0.306 e. The topological polar surface area (TPSA) is 15.3 Å². The molecule has 118 valence electrons. The molecule has 2 rings (SSSR count). The summed E-state index contributed by atoms with van der Waals surface area (Å²) in [6, 6.07) is 10.2. The van der Waals surface area contributed by atoms with Crippen LogP contribution < -0.4 is 5.32 Å². The van der Waals surface area contributed by atoms with Crippen molar-refractivity contribution in [2.45, 2.75) is 38.5 Å². The Hall–Kier alpha value is -1.07. The molecule has 2 unspecified atom stereocenters. The van der Waals surface area contributed by atoms with E-state index in [9.17, 15) is 13.2 Å². The summed E-state index contributed by atoms with van der Waals surface area (Å²) >= 11 is 0. The molecule has 1 saturated heterocycles. The number of hydrogen-bond donors (Lipinski definition) is 1. The number of likely N-dealkylation sites (tertiary alicyclic amines) is 1. The highest BCUT2D eigenvalue weighted by Gasteiger charge is 2.29. The maximum Gasteiger partial charge on any atom is 0.401 e. The third kappa shape index (κ3) is 6.06. The second-order valence-corrected chi connectivity index (χ2v) is 6.01. The van der Waals surface area contributed by atoms with Crippen molar-refractivity contribution in [3.8, 4) is 0 Å². The smallest absolute Gasteiger partial charge is 0.306 e. The minimum atomic E-state index is -4.12. The van der Waals surface area contributed by atoms with E-state index in [4.69, 9.17) is 0 Å². The lowest BCUT2D eigenvalue weighted by Gasteiger charge is -2.20. The van der Waals surface area contributed by atoms with Gasteiger partial charge in [0.15, 0.2) is 0 Å². The third-order valence-electron chi connectivity index (χ3n) is 3.96. The van der Waals surface area contributed by atoms with Crippen LogP contribution in [0, 0.1) is 5.92 Å². The lowest BCUT2D eigenvalue weighted by atomic mass is 10.00. The fourth-order valence-electron chi connectivity index (χ4n) is 2.96. The second-order valence-electron chi connectivity index (χ2n) is 6.01. The molecule has 1 N–H and O–H groups in total. The largest absolute Gasteiger partial charge is 0.401 e. The summed E-state index contributed by atoms with van der Waals surface area (Å²) in [5.41, 5.74) is 1.29. The van der Waals surface area contributed by atoms with Gasteiger partial charge in [-0.3, -0.25) is 4.90 Å². The van der Waals surface area contributed by atoms with Gasteiger partial charge in [0.25, 0.3) is 0 Å². The molecular weight excluding hydrogens is 277 g/mol. The zero-order valence-corrected chi connectivity index (χ0v) is 12.4. The number of nitrogens with zero attached hydrogens (tertiary/aromatic N) is 1. The number of halogens is 3. The molecule has 5 heteroatoms. The van der Waals surface area contributed by atoms with Crippen LogP contribution in [0.2, 0.25) is 0 Å². The van der Waals surface area contributed by atoms with Crippen molar-refractivity contribution in [1.82, 2.24) is 10.2 Å². The van der Waals surface area contributed by atoms with Crippen molar-refractivity contribution >= 4 is 0 Å². The number of benzene rings is 1. The average molecular weight is 300 g/mol. The number of nitrogens with one attached hydrogen (secondary N) is 1. The fourth-order valence-corrected chi connectivity index (χ4v) is 2.96. The molecule has 0 bridgehead atoms. The molecule has 1 aliphatic rings. The summed E-state index contributed by atoms with van der Waals surface area (Å²) in [6.07, 6.45) is -2.24. The van der Waals surface area contributed by atoms with Gasteiger partial charge < -0.3 is 5.32 Å². The van der Waals surface area contributed by atoms with E-state index in [1.807, 2.05) is 25.1 Å². The van der Waals surface area contributed by atoms with Gasteiger partial charge in [0, 0.05) is 19.1 Å². The van der Waals surface area contributed by atoms with E-state index >= 15 is 0 Å². The van der Waals surface area contributed by atoms with Crippen molar-refractivity contribution in [1.29, 1.82) is 0 Å². The van der Waals surface area contributed by atoms with Crippen LogP contribution in [0.1, 0.15) is 25.3 Å². The lowest BCUT2D eigenvalue weighted by Crippen LogP contribution is -2.36. The van der Waals surface area contributed by atoms with Crippen molar-refractivity contribution in [3.05, 3.63) is 35.9 Å². The van der Waals surface area contributed by atoms with Crippen molar-refractivity contribution in [3.63, 3.8) is 0 Å². The fraction of sp³-hybridized carbons (Fsp3) is 0.625. The van der Waals surface area contributed by atoms with Gasteiger partial charge in [-0.05, 0) is 37.8 Å². The van der Waals surface area contributed by atoms with Gasteiger partial charge in [0.2, 0.25) is 0 Å². The SMILES string of the molecule is CC(CC1CCN(Cc2ccccc2)C1)NCC(F)(F)F. The van der Waals surface area contributed by atoms with E-state index in [2.05, 4.69) is 22.3 Å². The monoisotopic (exact) mass is 300 g/mol. The Bertz CT molecular complexity index is 419. The molecule has 0 saturated carbocycles. The van der Waals surface area contributed by atoms with Gasteiger partial charge in [-0.25, -0.2) is 0 Å². The van der Waals surface area contributed by atoms with Gasteiger partial charge in [0.05, 0.1) is 6.54 Å². The first-order chi connectivity index (χ1) is 9.92. The molecule has 1 fully saturated rings. The summed E-state index contributed by atoms with van der Waals surface area (Å²) in [4.78, 5) is 2.39. The Balaban J connectivity index is 1.70. The lowest BCUT2D eigenvalue weighted by molar-refractivity contribution is -0.126. The molecule has 0 radical (unpaired) electrons. The van der Waals surface area contributed by atoms with Crippen LogP contribution in [0.25, 0.3) is 0 Å². The van der Waals surface area contributed by atoms with E-state index in [1.165, 1.54) is 5.56 Å². The molecule has 2 atom stereocenters. The molecule has 0 spiro atoms. The maximum absolute atomic E-state index is 12.2. The Morgan fingerprint density at radius 3 is 2.67 bits per heavy atom. The van der Waals surface area contributed by atoms with Crippen LogP contribution in [0.5, 0.6) is 0 Å². The van der Waals surface area contributed by atoms with E-state index in [0.29, 0.717) is 5.92 Å². The van der Waals surface area contributed by atoms with E-state index in [1.54, 1.807) is 0 Å². The average Bonchev–Trinajstić information content (AvgIpc) is 2.84. The van der Waals surface area contributed by atoms with Gasteiger partial charge in [0.1, 0.15) is 0 Å². The van der Waals surface area contributed by atoms with Crippen LogP contribution >= 0.6 is 0 Å². The Labute approximate surface area is 124 Å². The molecule has 1 aromatic carbocycles. The number of rotatable bonds is 6. The zero-order chi connectivity index (χ0) is 15.3. The number of hydrogen-bond acceptors (Lipinski definition) is 2. The van der Waals surface area contributed by atoms with Crippen molar-refractivity contribution in [2.24, 2.45) is 5.92 Å². The van der Waals surface area contributed by atoms with Crippen LogP contribution in [-0.4, -0.2) is 36.8 Å². The molecule has 0 aliphatic carbocycles. The maximum atomic E-state index is 12.2. The molecule has 1 aromatic rings. The summed E-state index contributed by atoms with van der Waals surface area (Å²) in [6.45, 7) is 3.89. The van der Waals surface area contributed by atoms with Crippen LogP contribution in [0.4, 0.5) is 13.2 Å². The van der Waals surface area contributed by atoms with E-state index in [-0.39, 0.29) is 6.04 Å². The Morgan fingerprint density at radius 1 is 1.29 bits per heavy atom. The predicted octanol–water partition coefficient (Wildman–Crippen LogP) is 3.44. The van der Waals surface area contributed by atoms with Gasteiger partial charge in [-0.15, -0.1) is 0 Å². The first-order valence-electron chi connectivity index (χ1n) is 7.49. The first kappa shape index (κ1) is 16.3. The Kier molecular flexibility index (Phi) is 5.65. The quantitative estimate of drug-likeness (QED) is 0.866. The van der Waals surface area contributed by atoms with Gasteiger partial charge >= 0.3 is 6.18 Å². The molecule has 0 aromatic heterocycles. The van der Waals surface area contributed by atoms with Crippen LogP contribution in [0.15, 0.2) is 30.3 Å². The summed E-state index contributed by atoms with van der Waals surface area (Å²) in [5.74, 6) is 0.490. The second kappa shape index (κ2) is 7.27. The summed E-state index contributed by atoms with van der Waals surface area (Å²) < 4.78 is 36.5. The molecule has 1 heterocycles. The highest BCUT2D eigenvalue weighted by molar-refractivity contribution is 5.14. The molecule has 1 aliphatic heterocycles. The van der Waals surface area contributed by atoms with Crippen molar-refractivity contribution < 1.29 is 13.2 Å². The first-order valence-corrected chi connectivity index (χ1v) is 7.49. The predicted molar refractivity (Wildman–Crippen MR) is 78.0 cm³/mol. The minimum absolute atomic E-state index is 0.0895. The normalized spacial score (nSPS) is 21.6. The summed E-state index contributed by atoms with van der Waals surface area (Å²) in [5, 5.41) is 2.57. The number of alkyl halides is 3. The molecule has 21 heavy (non-hydrogen) atoms. The van der Waals surface area contributed by atoms with E-state index < -0.39 is 12.7 Å². The zero-order valence-electron chi connectivity index (χ0n) is 12.4. The van der Waals surface area contributed by atoms with Gasteiger partial charge in [-0.1, -0.05) is 30.3 Å². The van der Waals surface area contributed by atoms with Crippen molar-refractivity contribution in [2.75, 3.05) is 19.6 Å². The molecular formula is C16H23F3N2. The van der Waals surface area contributed by atoms with Gasteiger partial charge in [-0.2, -0.15) is 13.2 Å². The summed E-state index contributed by atoms with van der Waals surface area (Å²) in [7, 11) is 0. The molecule has 0 amide bonds. The van der Waals surface area contributed by atoms with Crippen LogP contribution in [0.3, 0.4) is 0 Å². The highest BCUT2D eigenvalue weighted by Crippen LogP contribution is 2.23. The van der Waals surface area contributed by atoms with E-state index in [0.717, 1.165) is 32.5 Å². The third-order valence-corrected chi connectivity index (χ3v) is 3.96. The molecule has 2 nitrogen and oxygen atoms in total. The highest BCUT2D eigenvalue weighted by atomic mass is 19.4.